The van der Waals surface area contributed by atoms with Crippen molar-refractivity contribution in [2.45, 2.75) is 671 Å². The minimum absolute atomic E-state index is 0.132. The SMILES string of the molecule is CCCCCCCCCCC=C(OC(CCCCCCCCCC)(CCCCCCCCCC)CCCCCCCCCCC)C(CCCCCCCCC)OCOCOC(CCCCCCCCC)C(=CCCCCCCCCCC)OC(CCCCCCCCCC)(CCCCCCCCCC)CCCCCCCCCCC. The van der Waals surface area contributed by atoms with Crippen molar-refractivity contribution >= 4 is 0 Å². The predicted molar refractivity (Wildman–Crippen MR) is 517 cm³/mol. The Morgan fingerprint density at radius 3 is 0.504 bits per heavy atom. The van der Waals surface area contributed by atoms with Gasteiger partial charge in [0.2, 0.25) is 0 Å². The fourth-order valence-electron chi connectivity index (χ4n) is 18.4. The highest BCUT2D eigenvalue weighted by molar-refractivity contribution is 5.06. The van der Waals surface area contributed by atoms with Crippen molar-refractivity contribution in [1.82, 2.24) is 0 Å². The van der Waals surface area contributed by atoms with E-state index in [-0.39, 0.29) is 37.0 Å². The molecule has 0 spiro atoms. The third kappa shape index (κ3) is 78.7. The quantitative estimate of drug-likeness (QED) is 0.0345. The lowest BCUT2D eigenvalue weighted by Crippen LogP contribution is -2.36. The average Bonchev–Trinajstić information content (AvgIpc) is 0.843. The highest BCUT2D eigenvalue weighted by Crippen LogP contribution is 2.40. The number of allylic oxidation sites excluding steroid dienone is 2. The maximum absolute atomic E-state index is 8.23. The lowest BCUT2D eigenvalue weighted by molar-refractivity contribution is -0.175. The molecule has 5 nitrogen and oxygen atoms in total. The fourth-order valence-corrected chi connectivity index (χ4v) is 18.4. The van der Waals surface area contributed by atoms with Crippen molar-refractivity contribution in [2.24, 2.45) is 0 Å². The monoisotopic (exact) mass is 1620 g/mol. The van der Waals surface area contributed by atoms with E-state index in [4.69, 9.17) is 23.7 Å². The highest BCUT2D eigenvalue weighted by atomic mass is 16.7. The summed E-state index contributed by atoms with van der Waals surface area (Å²) in [6.45, 7) is 24.0. The molecule has 0 aliphatic rings. The van der Waals surface area contributed by atoms with Gasteiger partial charge in [-0.1, -0.05) is 532 Å². The molecular weight excluding hydrogens is 1400 g/mol. The smallest absolute Gasteiger partial charge is 0.150 e. The van der Waals surface area contributed by atoms with Crippen LogP contribution in [0.1, 0.15) is 647 Å². The van der Waals surface area contributed by atoms with E-state index in [9.17, 15) is 0 Å². The molecule has 0 fully saturated rings. The van der Waals surface area contributed by atoms with Crippen LogP contribution in [-0.2, 0) is 23.7 Å². The van der Waals surface area contributed by atoms with Gasteiger partial charge < -0.3 is 23.7 Å². The van der Waals surface area contributed by atoms with E-state index in [1.165, 1.54) is 551 Å². The predicted octanol–water partition coefficient (Wildman–Crippen LogP) is 40.3. The van der Waals surface area contributed by atoms with Gasteiger partial charge in [-0.25, -0.2) is 0 Å². The number of unbranched alkanes of at least 4 members (excludes halogenated alkanes) is 72. The molecule has 0 rings (SSSR count). The zero-order chi connectivity index (χ0) is 83.3. The summed E-state index contributed by atoms with van der Waals surface area (Å²) >= 11 is 0. The Kier molecular flexibility index (Phi) is 94.3. The van der Waals surface area contributed by atoms with Crippen molar-refractivity contribution in [3.8, 4) is 0 Å². The van der Waals surface area contributed by atoms with Crippen LogP contribution in [-0.4, -0.2) is 37.0 Å². The number of rotatable bonds is 102. The normalized spacial score (nSPS) is 13.0. The van der Waals surface area contributed by atoms with Gasteiger partial charge >= 0.3 is 0 Å². The summed E-state index contributed by atoms with van der Waals surface area (Å²) in [5.41, 5.74) is -0.344. The van der Waals surface area contributed by atoms with Crippen LogP contribution in [0.15, 0.2) is 23.7 Å². The maximum atomic E-state index is 8.23. The molecule has 5 heteroatoms. The largest absolute Gasteiger partial charge is 0.489 e. The summed E-state index contributed by atoms with van der Waals surface area (Å²) in [4.78, 5) is 0. The summed E-state index contributed by atoms with van der Waals surface area (Å²) in [6, 6.07) is 0. The first-order chi connectivity index (χ1) is 56.8. The first kappa shape index (κ1) is 114. The first-order valence-electron chi connectivity index (χ1n) is 54.4. The van der Waals surface area contributed by atoms with Gasteiger partial charge in [0, 0.05) is 0 Å². The Bertz CT molecular complexity index is 1690. The second-order valence-electron chi connectivity index (χ2n) is 37.9. The molecule has 0 saturated carbocycles. The van der Waals surface area contributed by atoms with Crippen molar-refractivity contribution < 1.29 is 23.7 Å². The summed E-state index contributed by atoms with van der Waals surface area (Å²) in [7, 11) is 0. The van der Waals surface area contributed by atoms with E-state index in [0.29, 0.717) is 0 Å². The van der Waals surface area contributed by atoms with E-state index in [2.05, 4.69) is 81.4 Å². The molecule has 2 unspecified atom stereocenters. The maximum Gasteiger partial charge on any atom is 0.150 e. The minimum Gasteiger partial charge on any atom is -0.489 e. The lowest BCUT2D eigenvalue weighted by atomic mass is 9.84. The van der Waals surface area contributed by atoms with Gasteiger partial charge in [0.15, 0.2) is 13.6 Å². The molecule has 688 valence electrons. The van der Waals surface area contributed by atoms with E-state index in [1.807, 2.05) is 0 Å². The van der Waals surface area contributed by atoms with Gasteiger partial charge in [-0.2, -0.15) is 0 Å². The Balaban J connectivity index is 8.22. The third-order valence-corrected chi connectivity index (χ3v) is 26.4. The molecule has 0 amide bonds. The molecule has 0 aromatic rings. The van der Waals surface area contributed by atoms with Gasteiger partial charge in [0.1, 0.15) is 34.9 Å². The Morgan fingerprint density at radius 1 is 0.183 bits per heavy atom. The number of ether oxygens (including phenoxy) is 5. The third-order valence-electron chi connectivity index (χ3n) is 26.4. The molecule has 0 aromatic carbocycles. The zero-order valence-corrected chi connectivity index (χ0v) is 81.4. The topological polar surface area (TPSA) is 46.2 Å². The summed E-state index contributed by atoms with van der Waals surface area (Å²) < 4.78 is 38.3. The van der Waals surface area contributed by atoms with Gasteiger partial charge in [0.25, 0.3) is 0 Å². The molecule has 0 bridgehead atoms. The van der Waals surface area contributed by atoms with E-state index < -0.39 is 0 Å². The van der Waals surface area contributed by atoms with Crippen molar-refractivity contribution in [3.05, 3.63) is 23.7 Å². The van der Waals surface area contributed by atoms with Crippen molar-refractivity contribution in [2.75, 3.05) is 13.6 Å². The van der Waals surface area contributed by atoms with Gasteiger partial charge in [-0.3, -0.25) is 0 Å². The fraction of sp³-hybridized carbons (Fsp3) is 0.964. The van der Waals surface area contributed by atoms with Crippen molar-refractivity contribution in [1.29, 1.82) is 0 Å². The molecule has 0 heterocycles. The molecule has 0 saturated heterocycles. The van der Waals surface area contributed by atoms with Gasteiger partial charge in [-0.05, 0) is 128 Å². The van der Waals surface area contributed by atoms with Crippen LogP contribution in [0.3, 0.4) is 0 Å². The lowest BCUT2D eigenvalue weighted by Gasteiger charge is -2.39. The van der Waals surface area contributed by atoms with Gasteiger partial charge in [0.05, 0.1) is 0 Å². The molecule has 0 N–H and O–H groups in total. The van der Waals surface area contributed by atoms with Crippen LogP contribution >= 0.6 is 0 Å². The molecule has 115 heavy (non-hydrogen) atoms. The average molecular weight is 1620 g/mol. The standard InChI is InChI=1S/C110H218O5/c1-11-21-31-41-51-59-65-75-85-95-107(114-109(97-87-77-67-55-45-35-25-15-5,98-88-78-68-56-46-36-26-16-6)101-91-81-71-61-53-43-33-23-13-3)105(93-83-73-63-49-39-29-19-9)112-103-111-104-113-106(94-84-74-64-50-40-30-20-10)108(96-86-76-66-60-52-42-32-22-12-2)115-110(99-89-79-69-57-47-37-27-17-7,100-90-80-70-58-48-38-28-18-8)102-92-82-72-62-54-44-34-24-14-4/h95-96,105-106H,11-94,97-104H2,1-10H3. The van der Waals surface area contributed by atoms with Crippen LogP contribution < -0.4 is 0 Å². The second-order valence-corrected chi connectivity index (χ2v) is 37.9. The van der Waals surface area contributed by atoms with Crippen LogP contribution in [0.4, 0.5) is 0 Å². The Morgan fingerprint density at radius 2 is 0.330 bits per heavy atom. The van der Waals surface area contributed by atoms with Crippen LogP contribution in [0.25, 0.3) is 0 Å². The highest BCUT2D eigenvalue weighted by Gasteiger charge is 2.36. The summed E-state index contributed by atoms with van der Waals surface area (Å²) in [6.07, 6.45) is 124. The van der Waals surface area contributed by atoms with Crippen molar-refractivity contribution in [3.63, 3.8) is 0 Å². The van der Waals surface area contributed by atoms with E-state index in [1.54, 1.807) is 0 Å². The van der Waals surface area contributed by atoms with Crippen LogP contribution in [0.2, 0.25) is 0 Å². The van der Waals surface area contributed by atoms with Crippen LogP contribution in [0, 0.1) is 0 Å². The first-order valence-corrected chi connectivity index (χ1v) is 54.4. The summed E-state index contributed by atoms with van der Waals surface area (Å²) in [5, 5.41) is 0. The molecular formula is C110H218O5. The molecule has 0 aliphatic heterocycles. The Hall–Kier alpha value is -1.04. The molecule has 0 aromatic heterocycles. The molecule has 0 aliphatic carbocycles. The minimum atomic E-state index is -0.172. The Labute approximate surface area is 727 Å². The van der Waals surface area contributed by atoms with Crippen LogP contribution in [0.5, 0.6) is 0 Å². The zero-order valence-electron chi connectivity index (χ0n) is 81.4. The van der Waals surface area contributed by atoms with Gasteiger partial charge in [-0.15, -0.1) is 0 Å². The van der Waals surface area contributed by atoms with E-state index in [0.717, 1.165) is 38.5 Å². The molecule has 2 atom stereocenters. The van der Waals surface area contributed by atoms with E-state index >= 15 is 0 Å². The second kappa shape index (κ2) is 95.2. The molecule has 0 radical (unpaired) electrons. The summed E-state index contributed by atoms with van der Waals surface area (Å²) in [5.74, 6) is 2.34. The number of hydrogen-bond acceptors (Lipinski definition) is 5. The number of hydrogen-bond donors (Lipinski definition) is 0.